The monoisotopic (exact) mass is 278 g/mol. The molecule has 1 unspecified atom stereocenters. The molecule has 0 aromatic heterocycles. The minimum atomic E-state index is -4.04. The lowest BCUT2D eigenvalue weighted by Gasteiger charge is -2.12. The minimum Gasteiger partial charge on any atom is -0.354 e. The van der Waals surface area contributed by atoms with Crippen LogP contribution in [0.4, 0.5) is 4.39 Å². The molecule has 0 bridgehead atoms. The summed E-state index contributed by atoms with van der Waals surface area (Å²) < 4.78 is 17.7. The van der Waals surface area contributed by atoms with Crippen LogP contribution in [0.15, 0.2) is 10.2 Å². The van der Waals surface area contributed by atoms with E-state index in [-0.39, 0.29) is 13.0 Å². The van der Waals surface area contributed by atoms with Crippen molar-refractivity contribution in [2.24, 2.45) is 10.2 Å². The van der Waals surface area contributed by atoms with Gasteiger partial charge in [0.15, 0.2) is 0 Å². The van der Waals surface area contributed by atoms with Crippen LogP contribution in [0.1, 0.15) is 6.42 Å². The zero-order chi connectivity index (χ0) is 14.9. The molecule has 14 heteroatoms. The first kappa shape index (κ1) is 16.3. The molecule has 0 aliphatic rings. The number of ether oxygens (including phenoxy) is 1. The van der Waals surface area contributed by atoms with Crippen LogP contribution >= 0.6 is 0 Å². The van der Waals surface area contributed by atoms with Crippen molar-refractivity contribution in [1.82, 2.24) is 0 Å². The molecule has 0 radical (unpaired) electrons. The van der Waals surface area contributed by atoms with E-state index in [0.29, 0.717) is 0 Å². The third kappa shape index (κ3) is 4.99. The number of alkyl halides is 1. The second kappa shape index (κ2) is 7.60. The van der Waals surface area contributed by atoms with Crippen LogP contribution in [-0.4, -0.2) is 35.1 Å². The zero-order valence-electron chi connectivity index (χ0n) is 9.20. The summed E-state index contributed by atoms with van der Waals surface area (Å²) in [6.07, 6.45) is -1.63. The highest BCUT2D eigenvalue weighted by molar-refractivity contribution is 4.61. The highest BCUT2D eigenvalue weighted by Gasteiger charge is 2.58. The van der Waals surface area contributed by atoms with Crippen LogP contribution in [0.25, 0.3) is 20.9 Å². The van der Waals surface area contributed by atoms with Crippen LogP contribution in [0.2, 0.25) is 0 Å². The van der Waals surface area contributed by atoms with E-state index in [2.05, 4.69) is 24.8 Å². The molecule has 13 nitrogen and oxygen atoms in total. The average molecular weight is 278 g/mol. The molecule has 19 heavy (non-hydrogen) atoms. The molecule has 0 saturated carbocycles. The van der Waals surface area contributed by atoms with Gasteiger partial charge in [-0.1, -0.05) is 14.6 Å². The van der Waals surface area contributed by atoms with Gasteiger partial charge in [-0.05, 0) is 17.5 Å². The highest BCUT2D eigenvalue weighted by Crippen LogP contribution is 2.15. The number of azide groups is 2. The molecule has 0 rings (SSSR count). The summed E-state index contributed by atoms with van der Waals surface area (Å²) in [5, 5.41) is 26.5. The summed E-state index contributed by atoms with van der Waals surface area (Å²) in [5.74, 6) is -4.04. The van der Waals surface area contributed by atoms with E-state index in [1.54, 1.807) is 0 Å². The van der Waals surface area contributed by atoms with Crippen LogP contribution in [0.5, 0.6) is 0 Å². The van der Waals surface area contributed by atoms with E-state index in [0.717, 1.165) is 0 Å². The Labute approximate surface area is 103 Å². The highest BCUT2D eigenvalue weighted by atomic mass is 19.2. The molecule has 0 saturated heterocycles. The number of nitrogens with zero attached hydrogens (tertiary/aromatic N) is 8. The van der Waals surface area contributed by atoms with Gasteiger partial charge in [0.2, 0.25) is 6.61 Å². The smallest absolute Gasteiger partial charge is 0.354 e. The Hall–Kier alpha value is -2.69. The fourth-order valence-electron chi connectivity index (χ4n) is 0.819. The standard InChI is InChI=1S/C5H7FN8O5/c6-5(13(15)16,14(17)18)3-19-4(10-12-8)1-2-9-11-7/h4H,1-3H2. The molecular formula is C5H7FN8O5. The molecule has 0 amide bonds. The molecule has 0 N–H and O–H groups in total. The fraction of sp³-hybridized carbons (Fsp3) is 1.00. The van der Waals surface area contributed by atoms with Gasteiger partial charge in [-0.25, -0.2) is 0 Å². The van der Waals surface area contributed by atoms with E-state index in [1.807, 2.05) is 0 Å². The molecule has 0 fully saturated rings. The third-order valence-electron chi connectivity index (χ3n) is 1.74. The molecular weight excluding hydrogens is 271 g/mol. The summed E-state index contributed by atoms with van der Waals surface area (Å²) in [4.78, 5) is 21.6. The van der Waals surface area contributed by atoms with Crippen LogP contribution in [0.3, 0.4) is 0 Å². The Balaban J connectivity index is 4.68. The summed E-state index contributed by atoms with van der Waals surface area (Å²) in [6.45, 7) is -1.75. The number of rotatable bonds is 9. The van der Waals surface area contributed by atoms with Crippen LogP contribution in [-0.2, 0) is 4.74 Å². The van der Waals surface area contributed by atoms with Gasteiger partial charge in [-0.2, -0.15) is 0 Å². The quantitative estimate of drug-likeness (QED) is 0.117. The van der Waals surface area contributed by atoms with Gasteiger partial charge in [0.25, 0.3) is 0 Å². The van der Waals surface area contributed by atoms with Crippen molar-refractivity contribution in [3.05, 3.63) is 41.1 Å². The summed E-state index contributed by atoms with van der Waals surface area (Å²) >= 11 is 0. The van der Waals surface area contributed by atoms with Gasteiger partial charge in [0.1, 0.15) is 16.1 Å². The molecule has 0 aliphatic carbocycles. The van der Waals surface area contributed by atoms with Crippen LogP contribution < -0.4 is 0 Å². The van der Waals surface area contributed by atoms with Crippen molar-refractivity contribution in [3.8, 4) is 0 Å². The van der Waals surface area contributed by atoms with Crippen molar-refractivity contribution in [2.45, 2.75) is 18.6 Å². The molecule has 0 aromatic rings. The Kier molecular flexibility index (Phi) is 6.52. The minimum absolute atomic E-state index is 0.198. The van der Waals surface area contributed by atoms with Crippen molar-refractivity contribution in [2.75, 3.05) is 13.2 Å². The van der Waals surface area contributed by atoms with E-state index < -0.39 is 28.6 Å². The Morgan fingerprint density at radius 2 is 1.89 bits per heavy atom. The Bertz CT molecular complexity index is 429. The molecule has 0 aromatic carbocycles. The average Bonchev–Trinajstić information content (AvgIpc) is 2.35. The predicted molar refractivity (Wildman–Crippen MR) is 55.3 cm³/mol. The summed E-state index contributed by atoms with van der Waals surface area (Å²) in [6, 6.07) is 0. The fourth-order valence-corrected chi connectivity index (χ4v) is 0.819. The molecule has 0 spiro atoms. The van der Waals surface area contributed by atoms with E-state index in [9.17, 15) is 24.6 Å². The second-order valence-corrected chi connectivity index (χ2v) is 2.95. The summed E-state index contributed by atoms with van der Waals surface area (Å²) in [5.41, 5.74) is 16.1. The third-order valence-corrected chi connectivity index (χ3v) is 1.74. The first-order valence-corrected chi connectivity index (χ1v) is 4.53. The Morgan fingerprint density at radius 1 is 1.32 bits per heavy atom. The molecule has 104 valence electrons. The van der Waals surface area contributed by atoms with E-state index >= 15 is 0 Å². The first-order valence-electron chi connectivity index (χ1n) is 4.53. The van der Waals surface area contributed by atoms with Gasteiger partial charge in [0, 0.05) is 16.4 Å². The number of hydrogen-bond donors (Lipinski definition) is 0. The van der Waals surface area contributed by atoms with E-state index in [4.69, 9.17) is 11.1 Å². The van der Waals surface area contributed by atoms with Crippen molar-refractivity contribution >= 4 is 0 Å². The SMILES string of the molecule is [N-]=[N+]=NCCC(N=[N+]=[N-])OCC(F)([N+](=O)[O-])[N+](=O)[O-]. The van der Waals surface area contributed by atoms with Crippen molar-refractivity contribution in [3.63, 3.8) is 0 Å². The molecule has 0 heterocycles. The lowest BCUT2D eigenvalue weighted by atomic mass is 10.4. The molecule has 1 atom stereocenters. The largest absolute Gasteiger partial charge is 0.637 e. The van der Waals surface area contributed by atoms with Crippen LogP contribution in [0, 0.1) is 20.2 Å². The maximum atomic E-state index is 13.3. The molecule has 0 aliphatic heterocycles. The van der Waals surface area contributed by atoms with Gasteiger partial charge >= 0.3 is 5.92 Å². The van der Waals surface area contributed by atoms with Gasteiger partial charge in [-0.3, -0.25) is 20.2 Å². The number of nitro groups is 2. The predicted octanol–water partition coefficient (Wildman–Crippen LogP) is 1.52. The van der Waals surface area contributed by atoms with Gasteiger partial charge in [-0.15, -0.1) is 0 Å². The first-order chi connectivity index (χ1) is 8.88. The second-order valence-electron chi connectivity index (χ2n) is 2.95. The Morgan fingerprint density at radius 3 is 2.32 bits per heavy atom. The number of hydrogen-bond acceptors (Lipinski definition) is 7. The van der Waals surface area contributed by atoms with Crippen molar-refractivity contribution < 1.29 is 19.0 Å². The normalized spacial score (nSPS) is 11.8. The maximum absolute atomic E-state index is 13.3. The topological polar surface area (TPSA) is 193 Å². The maximum Gasteiger partial charge on any atom is 0.637 e. The van der Waals surface area contributed by atoms with E-state index in [1.165, 1.54) is 0 Å². The van der Waals surface area contributed by atoms with Crippen molar-refractivity contribution in [1.29, 1.82) is 0 Å². The van der Waals surface area contributed by atoms with Gasteiger partial charge < -0.3 is 4.74 Å². The van der Waals surface area contributed by atoms with Gasteiger partial charge in [0.05, 0.1) is 0 Å². The zero-order valence-corrected chi connectivity index (χ0v) is 9.20. The lowest BCUT2D eigenvalue weighted by Crippen LogP contribution is -2.46. The summed E-state index contributed by atoms with van der Waals surface area (Å²) in [7, 11) is 0. The lowest BCUT2D eigenvalue weighted by molar-refractivity contribution is -0.833. The number of halogens is 1.